The van der Waals surface area contributed by atoms with Crippen molar-refractivity contribution in [1.29, 1.82) is 0 Å². The third-order valence-electron chi connectivity index (χ3n) is 2.94. The Morgan fingerprint density at radius 3 is 2.33 bits per heavy atom. The summed E-state index contributed by atoms with van der Waals surface area (Å²) in [4.78, 5) is -0.0307. The molecule has 0 amide bonds. The van der Waals surface area contributed by atoms with Gasteiger partial charge in [0, 0.05) is 6.61 Å². The Morgan fingerprint density at radius 1 is 1.33 bits per heavy atom. The number of ether oxygens (including phenoxy) is 1. The van der Waals surface area contributed by atoms with Gasteiger partial charge in [0.15, 0.2) is 9.84 Å². The van der Waals surface area contributed by atoms with Crippen molar-refractivity contribution >= 4 is 25.8 Å². The van der Waals surface area contributed by atoms with E-state index in [0.29, 0.717) is 12.5 Å². The Hall–Kier alpha value is 0.390. The highest BCUT2D eigenvalue weighted by molar-refractivity contribution is 9.09. The summed E-state index contributed by atoms with van der Waals surface area (Å²) < 4.78 is 28.3. The van der Waals surface area contributed by atoms with Crippen molar-refractivity contribution in [3.05, 3.63) is 0 Å². The van der Waals surface area contributed by atoms with Crippen LogP contribution in [0, 0.1) is 5.92 Å². The van der Waals surface area contributed by atoms with Gasteiger partial charge in [0.05, 0.1) is 22.4 Å². The maximum atomic E-state index is 11.3. The van der Waals surface area contributed by atoms with Gasteiger partial charge in [0.25, 0.3) is 0 Å². The first-order valence-corrected chi connectivity index (χ1v) is 8.18. The molecule has 1 saturated heterocycles. The zero-order valence-corrected chi connectivity index (χ0v) is 11.7. The van der Waals surface area contributed by atoms with Gasteiger partial charge in [-0.3, -0.25) is 0 Å². The molecular weight excluding hydrogens is 280 g/mol. The molecule has 0 aromatic carbocycles. The standard InChI is InChI=1S/C10H19BrO3S/c1-3-8(4-2)5-14-10-7-15(12,13)6-9(10)11/h8-10H,3-7H2,1-2H3. The Kier molecular flexibility index (Phi) is 5.06. The van der Waals surface area contributed by atoms with E-state index < -0.39 is 9.84 Å². The van der Waals surface area contributed by atoms with E-state index in [1.165, 1.54) is 0 Å². The summed E-state index contributed by atoms with van der Waals surface area (Å²) in [7, 11) is -2.88. The average molecular weight is 299 g/mol. The lowest BCUT2D eigenvalue weighted by molar-refractivity contribution is 0.0464. The summed E-state index contributed by atoms with van der Waals surface area (Å²) in [5, 5.41) is 0. The highest BCUT2D eigenvalue weighted by atomic mass is 79.9. The van der Waals surface area contributed by atoms with Crippen LogP contribution in [-0.4, -0.2) is 37.5 Å². The predicted molar refractivity (Wildman–Crippen MR) is 65.2 cm³/mol. The number of halogens is 1. The second-order valence-corrected chi connectivity index (χ2v) is 7.48. The molecule has 1 fully saturated rings. The summed E-state index contributed by atoms with van der Waals surface area (Å²) in [6, 6.07) is 0. The van der Waals surface area contributed by atoms with Gasteiger partial charge in [-0.2, -0.15) is 0 Å². The quantitative estimate of drug-likeness (QED) is 0.729. The summed E-state index contributed by atoms with van der Waals surface area (Å²) in [6.45, 7) is 4.94. The highest BCUT2D eigenvalue weighted by Gasteiger charge is 2.36. The van der Waals surface area contributed by atoms with Gasteiger partial charge in [0.1, 0.15) is 0 Å². The normalized spacial score (nSPS) is 29.9. The molecule has 2 unspecified atom stereocenters. The van der Waals surface area contributed by atoms with E-state index in [4.69, 9.17) is 4.74 Å². The molecule has 1 heterocycles. The molecule has 0 aromatic rings. The van der Waals surface area contributed by atoms with Crippen molar-refractivity contribution in [3.63, 3.8) is 0 Å². The van der Waals surface area contributed by atoms with E-state index >= 15 is 0 Å². The van der Waals surface area contributed by atoms with Gasteiger partial charge in [-0.1, -0.05) is 42.6 Å². The van der Waals surface area contributed by atoms with Crippen LogP contribution in [0.2, 0.25) is 0 Å². The minimum Gasteiger partial charge on any atom is -0.376 e. The van der Waals surface area contributed by atoms with Gasteiger partial charge in [-0.15, -0.1) is 0 Å². The SMILES string of the molecule is CCC(CC)COC1CS(=O)(=O)CC1Br. The molecule has 90 valence electrons. The molecule has 5 heteroatoms. The fourth-order valence-electron chi connectivity index (χ4n) is 1.71. The monoisotopic (exact) mass is 298 g/mol. The minimum absolute atomic E-state index is 0.0307. The molecule has 0 N–H and O–H groups in total. The molecule has 0 saturated carbocycles. The van der Waals surface area contributed by atoms with E-state index in [1.807, 2.05) is 0 Å². The lowest BCUT2D eigenvalue weighted by atomic mass is 10.1. The van der Waals surface area contributed by atoms with Gasteiger partial charge in [-0.25, -0.2) is 8.42 Å². The van der Waals surface area contributed by atoms with E-state index in [1.54, 1.807) is 0 Å². The molecule has 3 nitrogen and oxygen atoms in total. The molecule has 0 aromatic heterocycles. The van der Waals surface area contributed by atoms with E-state index in [2.05, 4.69) is 29.8 Å². The fraction of sp³-hybridized carbons (Fsp3) is 1.00. The maximum Gasteiger partial charge on any atom is 0.154 e. The number of alkyl halides is 1. The molecule has 1 aliphatic rings. The fourth-order valence-corrected chi connectivity index (χ4v) is 5.17. The van der Waals surface area contributed by atoms with Crippen molar-refractivity contribution in [1.82, 2.24) is 0 Å². The van der Waals surface area contributed by atoms with Crippen molar-refractivity contribution in [2.24, 2.45) is 5.92 Å². The Labute approximate surface area is 101 Å². The summed E-state index contributed by atoms with van der Waals surface area (Å²) in [6.07, 6.45) is 2.02. The first kappa shape index (κ1) is 13.5. The molecular formula is C10H19BrO3S. The van der Waals surface area contributed by atoms with Crippen LogP contribution < -0.4 is 0 Å². The third kappa shape index (κ3) is 4.04. The molecule has 2 atom stereocenters. The van der Waals surface area contributed by atoms with Crippen LogP contribution in [0.15, 0.2) is 0 Å². The summed E-state index contributed by atoms with van der Waals surface area (Å²) in [5.41, 5.74) is 0. The van der Waals surface area contributed by atoms with Crippen LogP contribution in [0.4, 0.5) is 0 Å². The number of rotatable bonds is 5. The topological polar surface area (TPSA) is 43.4 Å². The van der Waals surface area contributed by atoms with Crippen LogP contribution in [-0.2, 0) is 14.6 Å². The molecule has 1 rings (SSSR count). The zero-order valence-electron chi connectivity index (χ0n) is 9.28. The van der Waals surface area contributed by atoms with E-state index in [-0.39, 0.29) is 22.4 Å². The molecule has 0 aliphatic carbocycles. The molecule has 0 bridgehead atoms. The third-order valence-corrected chi connectivity index (χ3v) is 5.98. The largest absolute Gasteiger partial charge is 0.376 e. The highest BCUT2D eigenvalue weighted by Crippen LogP contribution is 2.23. The van der Waals surface area contributed by atoms with Crippen molar-refractivity contribution in [2.45, 2.75) is 37.6 Å². The Bertz CT molecular complexity index is 285. The van der Waals surface area contributed by atoms with Crippen LogP contribution in [0.25, 0.3) is 0 Å². The van der Waals surface area contributed by atoms with E-state index in [9.17, 15) is 8.42 Å². The van der Waals surface area contributed by atoms with Crippen LogP contribution in [0.5, 0.6) is 0 Å². The minimum atomic E-state index is -2.88. The van der Waals surface area contributed by atoms with Crippen LogP contribution >= 0.6 is 15.9 Å². The summed E-state index contributed by atoms with van der Waals surface area (Å²) >= 11 is 3.37. The van der Waals surface area contributed by atoms with E-state index in [0.717, 1.165) is 12.8 Å². The second kappa shape index (κ2) is 5.64. The summed E-state index contributed by atoms with van der Waals surface area (Å²) in [5.74, 6) is 0.928. The second-order valence-electron chi connectivity index (χ2n) is 4.15. The van der Waals surface area contributed by atoms with Gasteiger partial charge in [0.2, 0.25) is 0 Å². The predicted octanol–water partition coefficient (Wildman–Crippen LogP) is 2.00. The molecule has 15 heavy (non-hydrogen) atoms. The van der Waals surface area contributed by atoms with Crippen LogP contribution in [0.3, 0.4) is 0 Å². The molecule has 1 aliphatic heterocycles. The molecule has 0 spiro atoms. The van der Waals surface area contributed by atoms with Crippen LogP contribution in [0.1, 0.15) is 26.7 Å². The van der Waals surface area contributed by atoms with Gasteiger partial charge >= 0.3 is 0 Å². The van der Waals surface area contributed by atoms with Gasteiger partial charge in [-0.05, 0) is 5.92 Å². The lowest BCUT2D eigenvalue weighted by Crippen LogP contribution is -2.25. The first-order chi connectivity index (χ1) is 6.98. The van der Waals surface area contributed by atoms with Crippen molar-refractivity contribution < 1.29 is 13.2 Å². The van der Waals surface area contributed by atoms with Gasteiger partial charge < -0.3 is 4.74 Å². The smallest absolute Gasteiger partial charge is 0.154 e. The first-order valence-electron chi connectivity index (χ1n) is 5.44. The average Bonchev–Trinajstić information content (AvgIpc) is 2.41. The Morgan fingerprint density at radius 2 is 1.93 bits per heavy atom. The van der Waals surface area contributed by atoms with Crippen molar-refractivity contribution in [2.75, 3.05) is 18.1 Å². The number of sulfone groups is 1. The van der Waals surface area contributed by atoms with Crippen molar-refractivity contribution in [3.8, 4) is 0 Å². The number of hydrogen-bond acceptors (Lipinski definition) is 3. The maximum absolute atomic E-state index is 11.3. The zero-order chi connectivity index (χ0) is 11.5. The Balaban J connectivity index is 2.40. The lowest BCUT2D eigenvalue weighted by Gasteiger charge is -2.18. The molecule has 0 radical (unpaired) electrons. The number of hydrogen-bond donors (Lipinski definition) is 0.